The third-order valence-corrected chi connectivity index (χ3v) is 3.97. The van der Waals surface area contributed by atoms with Crippen molar-refractivity contribution in [3.05, 3.63) is 46.1 Å². The Hall–Kier alpha value is -1.99. The number of hydrogen-bond acceptors (Lipinski definition) is 5. The molecule has 3 heterocycles. The van der Waals surface area contributed by atoms with Gasteiger partial charge in [-0.2, -0.15) is 0 Å². The monoisotopic (exact) mass is 303 g/mol. The molecule has 118 valence electrons. The van der Waals surface area contributed by atoms with Gasteiger partial charge in [0.15, 0.2) is 0 Å². The molecule has 0 bridgehead atoms. The summed E-state index contributed by atoms with van der Waals surface area (Å²) in [5.41, 5.74) is 1.86. The highest BCUT2D eigenvalue weighted by Crippen LogP contribution is 2.10. The van der Waals surface area contributed by atoms with Crippen molar-refractivity contribution in [3.63, 3.8) is 0 Å². The maximum absolute atomic E-state index is 11.6. The molecule has 1 atom stereocenters. The molecule has 2 aromatic rings. The molecule has 0 spiro atoms. The Bertz CT molecular complexity index is 693. The van der Waals surface area contributed by atoms with Gasteiger partial charge in [0, 0.05) is 38.4 Å². The van der Waals surface area contributed by atoms with Gasteiger partial charge in [-0.25, -0.2) is 4.68 Å². The van der Waals surface area contributed by atoms with E-state index in [0.29, 0.717) is 12.6 Å². The fourth-order valence-corrected chi connectivity index (χ4v) is 2.57. The SMILES string of the molecule is C[C@@H]1COCCN1Cc1cn(Cc2ccn(C)c(=O)c2)nn1. The van der Waals surface area contributed by atoms with E-state index in [9.17, 15) is 4.79 Å². The number of nitrogens with zero attached hydrogens (tertiary/aromatic N) is 5. The molecule has 0 unspecified atom stereocenters. The molecular weight excluding hydrogens is 282 g/mol. The number of rotatable bonds is 4. The van der Waals surface area contributed by atoms with Crippen LogP contribution >= 0.6 is 0 Å². The lowest BCUT2D eigenvalue weighted by Crippen LogP contribution is -2.42. The van der Waals surface area contributed by atoms with Gasteiger partial charge in [-0.3, -0.25) is 9.69 Å². The van der Waals surface area contributed by atoms with Crippen molar-refractivity contribution >= 4 is 0 Å². The van der Waals surface area contributed by atoms with Crippen LogP contribution in [0.5, 0.6) is 0 Å². The first kappa shape index (κ1) is 14.9. The maximum atomic E-state index is 11.6. The summed E-state index contributed by atoms with van der Waals surface area (Å²) in [6.45, 7) is 5.95. The summed E-state index contributed by atoms with van der Waals surface area (Å²) in [5.74, 6) is 0. The summed E-state index contributed by atoms with van der Waals surface area (Å²) >= 11 is 0. The molecule has 2 aromatic heterocycles. The summed E-state index contributed by atoms with van der Waals surface area (Å²) in [6, 6.07) is 3.95. The molecule has 7 nitrogen and oxygen atoms in total. The van der Waals surface area contributed by atoms with Crippen molar-refractivity contribution in [3.8, 4) is 0 Å². The van der Waals surface area contributed by atoms with Gasteiger partial charge in [0.2, 0.25) is 0 Å². The molecule has 0 amide bonds. The summed E-state index contributed by atoms with van der Waals surface area (Å²) in [4.78, 5) is 14.0. The summed E-state index contributed by atoms with van der Waals surface area (Å²) in [6.07, 6.45) is 3.71. The first-order valence-electron chi connectivity index (χ1n) is 7.48. The van der Waals surface area contributed by atoms with Gasteiger partial charge in [0.1, 0.15) is 0 Å². The highest BCUT2D eigenvalue weighted by atomic mass is 16.5. The molecule has 1 aliphatic rings. The number of pyridine rings is 1. The van der Waals surface area contributed by atoms with Crippen LogP contribution in [0.1, 0.15) is 18.2 Å². The molecule has 1 aliphatic heterocycles. The topological polar surface area (TPSA) is 65.2 Å². The number of morpholine rings is 1. The fourth-order valence-electron chi connectivity index (χ4n) is 2.57. The Morgan fingerprint density at radius 3 is 3.05 bits per heavy atom. The Balaban J connectivity index is 1.65. The largest absolute Gasteiger partial charge is 0.379 e. The van der Waals surface area contributed by atoms with Gasteiger partial charge < -0.3 is 9.30 Å². The standard InChI is InChI=1S/C15H21N5O2/c1-12-11-22-6-5-19(12)9-14-10-20(17-16-14)8-13-3-4-18(2)15(21)7-13/h3-4,7,10,12H,5-6,8-9,11H2,1-2H3/t12-/m1/s1. The van der Waals surface area contributed by atoms with E-state index in [-0.39, 0.29) is 5.56 Å². The van der Waals surface area contributed by atoms with Crippen LogP contribution in [0.15, 0.2) is 29.3 Å². The minimum absolute atomic E-state index is 0.0139. The minimum Gasteiger partial charge on any atom is -0.379 e. The first-order valence-corrected chi connectivity index (χ1v) is 7.48. The van der Waals surface area contributed by atoms with Crippen LogP contribution in [0.4, 0.5) is 0 Å². The van der Waals surface area contributed by atoms with Crippen LogP contribution in [0.2, 0.25) is 0 Å². The number of aromatic nitrogens is 4. The Morgan fingerprint density at radius 1 is 1.41 bits per heavy atom. The third-order valence-electron chi connectivity index (χ3n) is 3.97. The van der Waals surface area contributed by atoms with Crippen molar-refractivity contribution in [1.29, 1.82) is 0 Å². The van der Waals surface area contributed by atoms with Crippen LogP contribution in [0.3, 0.4) is 0 Å². The summed E-state index contributed by atoms with van der Waals surface area (Å²) < 4.78 is 8.76. The predicted molar refractivity (Wildman–Crippen MR) is 81.5 cm³/mol. The van der Waals surface area contributed by atoms with Crippen LogP contribution in [0.25, 0.3) is 0 Å². The predicted octanol–water partition coefficient (Wildman–Crippen LogP) is 0.246. The smallest absolute Gasteiger partial charge is 0.250 e. The lowest BCUT2D eigenvalue weighted by Gasteiger charge is -2.32. The first-order chi connectivity index (χ1) is 10.6. The average Bonchev–Trinajstić information content (AvgIpc) is 2.93. The Labute approximate surface area is 129 Å². The van der Waals surface area contributed by atoms with Crippen LogP contribution < -0.4 is 5.56 Å². The van der Waals surface area contributed by atoms with E-state index in [2.05, 4.69) is 22.1 Å². The molecule has 0 aliphatic carbocycles. The van der Waals surface area contributed by atoms with Crippen LogP contribution in [0, 0.1) is 0 Å². The van der Waals surface area contributed by atoms with Gasteiger partial charge in [0.05, 0.1) is 31.6 Å². The van der Waals surface area contributed by atoms with E-state index in [0.717, 1.165) is 37.6 Å². The van der Waals surface area contributed by atoms with Gasteiger partial charge >= 0.3 is 0 Å². The molecular formula is C15H21N5O2. The Kier molecular flexibility index (Phi) is 4.35. The van der Waals surface area contributed by atoms with Crippen molar-refractivity contribution in [1.82, 2.24) is 24.5 Å². The highest BCUT2D eigenvalue weighted by Gasteiger charge is 2.19. The Morgan fingerprint density at radius 2 is 2.27 bits per heavy atom. The molecule has 0 radical (unpaired) electrons. The highest BCUT2D eigenvalue weighted by molar-refractivity contribution is 5.11. The van der Waals surface area contributed by atoms with E-state index >= 15 is 0 Å². The van der Waals surface area contributed by atoms with E-state index < -0.39 is 0 Å². The van der Waals surface area contributed by atoms with Gasteiger partial charge in [-0.15, -0.1) is 5.10 Å². The van der Waals surface area contributed by atoms with Gasteiger partial charge in [-0.1, -0.05) is 5.21 Å². The van der Waals surface area contributed by atoms with Gasteiger partial charge in [0.25, 0.3) is 5.56 Å². The molecule has 3 rings (SSSR count). The zero-order valence-corrected chi connectivity index (χ0v) is 13.0. The molecule has 0 saturated carbocycles. The summed E-state index contributed by atoms with van der Waals surface area (Å²) in [7, 11) is 1.74. The zero-order valence-electron chi connectivity index (χ0n) is 13.0. The number of hydrogen-bond donors (Lipinski definition) is 0. The zero-order chi connectivity index (χ0) is 15.5. The normalized spacial score (nSPS) is 19.5. The molecule has 1 fully saturated rings. The second kappa shape index (κ2) is 6.41. The van der Waals surface area contributed by atoms with Gasteiger partial charge in [-0.05, 0) is 18.6 Å². The third kappa shape index (κ3) is 3.42. The van der Waals surface area contributed by atoms with Crippen molar-refractivity contribution < 1.29 is 4.74 Å². The van der Waals surface area contributed by atoms with Crippen molar-refractivity contribution in [2.24, 2.45) is 7.05 Å². The molecule has 0 aromatic carbocycles. The van der Waals surface area contributed by atoms with Crippen molar-refractivity contribution in [2.45, 2.75) is 26.1 Å². The number of aryl methyl sites for hydroxylation is 1. The lowest BCUT2D eigenvalue weighted by atomic mass is 10.2. The second-order valence-electron chi connectivity index (χ2n) is 5.79. The van der Waals surface area contributed by atoms with E-state index in [1.165, 1.54) is 0 Å². The molecule has 1 saturated heterocycles. The van der Waals surface area contributed by atoms with E-state index in [1.54, 1.807) is 28.6 Å². The quantitative estimate of drug-likeness (QED) is 0.810. The number of ether oxygens (including phenoxy) is 1. The lowest BCUT2D eigenvalue weighted by molar-refractivity contribution is -0.00492. The molecule has 0 N–H and O–H groups in total. The van der Waals surface area contributed by atoms with E-state index in [1.807, 2.05) is 12.3 Å². The molecule has 22 heavy (non-hydrogen) atoms. The van der Waals surface area contributed by atoms with Crippen LogP contribution in [-0.4, -0.2) is 50.3 Å². The average molecular weight is 303 g/mol. The minimum atomic E-state index is -0.0139. The fraction of sp³-hybridized carbons (Fsp3) is 0.533. The molecule has 7 heteroatoms. The summed E-state index contributed by atoms with van der Waals surface area (Å²) in [5, 5.41) is 8.38. The maximum Gasteiger partial charge on any atom is 0.250 e. The second-order valence-corrected chi connectivity index (χ2v) is 5.79. The van der Waals surface area contributed by atoms with Crippen LogP contribution in [-0.2, 0) is 24.9 Å². The van der Waals surface area contributed by atoms with Crippen molar-refractivity contribution in [2.75, 3.05) is 19.8 Å². The van der Waals surface area contributed by atoms with E-state index in [4.69, 9.17) is 4.74 Å².